The van der Waals surface area contributed by atoms with Gasteiger partial charge in [-0.25, -0.2) is 4.98 Å². The lowest BCUT2D eigenvalue weighted by atomic mass is 10.2. The molecule has 0 unspecified atom stereocenters. The Balaban J connectivity index is 1.97. The van der Waals surface area contributed by atoms with Crippen LogP contribution in [-0.4, -0.2) is 50.1 Å². The van der Waals surface area contributed by atoms with E-state index in [1.165, 1.54) is 0 Å². The number of aromatic nitrogens is 1. The van der Waals surface area contributed by atoms with Gasteiger partial charge in [-0.15, -0.1) is 0 Å². The molecule has 1 amide bonds. The lowest BCUT2D eigenvalue weighted by molar-refractivity contribution is 0.102. The van der Waals surface area contributed by atoms with E-state index in [4.69, 9.17) is 16.3 Å². The van der Waals surface area contributed by atoms with Gasteiger partial charge in [0.25, 0.3) is 5.91 Å². The van der Waals surface area contributed by atoms with E-state index in [0.29, 0.717) is 27.8 Å². The van der Waals surface area contributed by atoms with Crippen molar-refractivity contribution >= 4 is 29.0 Å². The smallest absolute Gasteiger partial charge is 0.255 e. The number of pyridine rings is 1. The van der Waals surface area contributed by atoms with Gasteiger partial charge in [-0.05, 0) is 57.4 Å². The molecule has 0 fully saturated rings. The first kappa shape index (κ1) is 19.0. The van der Waals surface area contributed by atoms with Crippen molar-refractivity contribution < 1.29 is 9.53 Å². The third-order valence-corrected chi connectivity index (χ3v) is 3.82. The third-order valence-electron chi connectivity index (χ3n) is 3.52. The van der Waals surface area contributed by atoms with Crippen molar-refractivity contribution in [2.45, 2.75) is 6.42 Å². The summed E-state index contributed by atoms with van der Waals surface area (Å²) in [5, 5.41) is 6.49. The van der Waals surface area contributed by atoms with E-state index < -0.39 is 0 Å². The number of carbonyl (C=O) groups is 1. The Bertz CT molecular complexity index is 722. The van der Waals surface area contributed by atoms with Gasteiger partial charge in [-0.2, -0.15) is 0 Å². The maximum Gasteiger partial charge on any atom is 0.255 e. The molecule has 0 bridgehead atoms. The molecular formula is C18H23ClN4O2. The van der Waals surface area contributed by atoms with E-state index in [0.717, 1.165) is 19.5 Å². The molecule has 1 aromatic carbocycles. The molecule has 0 saturated carbocycles. The highest BCUT2D eigenvalue weighted by Crippen LogP contribution is 2.27. The van der Waals surface area contributed by atoms with E-state index in [1.54, 1.807) is 43.6 Å². The van der Waals surface area contributed by atoms with Crippen LogP contribution in [0.3, 0.4) is 0 Å². The van der Waals surface area contributed by atoms with Gasteiger partial charge in [0.15, 0.2) is 0 Å². The van der Waals surface area contributed by atoms with Crippen LogP contribution in [0.25, 0.3) is 0 Å². The maximum absolute atomic E-state index is 12.4. The van der Waals surface area contributed by atoms with Gasteiger partial charge in [0, 0.05) is 24.0 Å². The summed E-state index contributed by atoms with van der Waals surface area (Å²) < 4.78 is 5.10. The molecule has 0 aliphatic heterocycles. The predicted octanol–water partition coefficient (Wildman–Crippen LogP) is 3.36. The van der Waals surface area contributed by atoms with Gasteiger partial charge in [0.2, 0.25) is 0 Å². The van der Waals surface area contributed by atoms with Gasteiger partial charge in [-0.3, -0.25) is 4.79 Å². The SMILES string of the molecule is COc1ccc(NC(=O)c2ccnc(NCCCN(C)C)c2)cc1Cl. The molecule has 0 aliphatic carbocycles. The molecule has 134 valence electrons. The molecular weight excluding hydrogens is 340 g/mol. The number of halogens is 1. The average Bonchev–Trinajstić information content (AvgIpc) is 2.59. The number of nitrogens with zero attached hydrogens (tertiary/aromatic N) is 2. The highest BCUT2D eigenvalue weighted by atomic mass is 35.5. The molecule has 0 saturated heterocycles. The maximum atomic E-state index is 12.4. The molecule has 0 aliphatic rings. The van der Waals surface area contributed by atoms with E-state index in [2.05, 4.69) is 20.5 Å². The number of rotatable bonds is 8. The zero-order valence-corrected chi connectivity index (χ0v) is 15.4. The molecule has 1 heterocycles. The number of methoxy groups -OCH3 is 1. The second kappa shape index (κ2) is 9.25. The second-order valence-electron chi connectivity index (χ2n) is 5.82. The van der Waals surface area contributed by atoms with E-state index in [1.807, 2.05) is 14.1 Å². The van der Waals surface area contributed by atoms with E-state index >= 15 is 0 Å². The number of hydrogen-bond acceptors (Lipinski definition) is 5. The van der Waals surface area contributed by atoms with Crippen LogP contribution < -0.4 is 15.4 Å². The average molecular weight is 363 g/mol. The van der Waals surface area contributed by atoms with Crippen molar-refractivity contribution in [3.63, 3.8) is 0 Å². The Kier molecular flexibility index (Phi) is 7.03. The fourth-order valence-corrected chi connectivity index (χ4v) is 2.49. The topological polar surface area (TPSA) is 66.5 Å². The Hall–Kier alpha value is -2.31. The summed E-state index contributed by atoms with van der Waals surface area (Å²) in [6, 6.07) is 8.51. The van der Waals surface area contributed by atoms with Crippen molar-refractivity contribution in [2.75, 3.05) is 44.9 Å². The fourth-order valence-electron chi connectivity index (χ4n) is 2.23. The summed E-state index contributed by atoms with van der Waals surface area (Å²) >= 11 is 6.08. The van der Waals surface area contributed by atoms with E-state index in [9.17, 15) is 4.79 Å². The zero-order valence-electron chi connectivity index (χ0n) is 14.7. The number of anilines is 2. The van der Waals surface area contributed by atoms with Gasteiger partial charge < -0.3 is 20.3 Å². The molecule has 2 N–H and O–H groups in total. The summed E-state index contributed by atoms with van der Waals surface area (Å²) in [4.78, 5) is 18.8. The van der Waals surface area contributed by atoms with Crippen LogP contribution in [0.5, 0.6) is 5.75 Å². The van der Waals surface area contributed by atoms with Crippen LogP contribution in [0.4, 0.5) is 11.5 Å². The number of carbonyl (C=O) groups excluding carboxylic acids is 1. The normalized spacial score (nSPS) is 10.6. The molecule has 0 spiro atoms. The van der Waals surface area contributed by atoms with Gasteiger partial charge >= 0.3 is 0 Å². The number of benzene rings is 1. The summed E-state index contributed by atoms with van der Waals surface area (Å²) in [6.07, 6.45) is 2.61. The first-order valence-electron chi connectivity index (χ1n) is 7.99. The minimum Gasteiger partial charge on any atom is -0.495 e. The molecule has 0 atom stereocenters. The van der Waals surface area contributed by atoms with Crippen LogP contribution in [0.1, 0.15) is 16.8 Å². The number of amides is 1. The van der Waals surface area contributed by atoms with Crippen molar-refractivity contribution in [3.05, 3.63) is 47.1 Å². The highest BCUT2D eigenvalue weighted by molar-refractivity contribution is 6.32. The van der Waals surface area contributed by atoms with Crippen LogP contribution in [0, 0.1) is 0 Å². The fraction of sp³-hybridized carbons (Fsp3) is 0.333. The summed E-state index contributed by atoms with van der Waals surface area (Å²) in [5.41, 5.74) is 1.13. The zero-order chi connectivity index (χ0) is 18.2. The Labute approximate surface area is 153 Å². The van der Waals surface area contributed by atoms with Crippen molar-refractivity contribution in [3.8, 4) is 5.75 Å². The standard InChI is InChI=1S/C18H23ClN4O2/c1-23(2)10-4-8-20-17-11-13(7-9-21-17)18(24)22-14-5-6-16(25-3)15(19)12-14/h5-7,9,11-12H,4,8,10H2,1-3H3,(H,20,21)(H,22,24). The Morgan fingerprint density at radius 2 is 2.08 bits per heavy atom. The Morgan fingerprint density at radius 3 is 2.76 bits per heavy atom. The summed E-state index contributed by atoms with van der Waals surface area (Å²) in [5.74, 6) is 1.02. The molecule has 25 heavy (non-hydrogen) atoms. The number of ether oxygens (including phenoxy) is 1. The van der Waals surface area contributed by atoms with Crippen LogP contribution in [-0.2, 0) is 0 Å². The summed E-state index contributed by atoms with van der Waals surface area (Å²) in [6.45, 7) is 1.79. The lowest BCUT2D eigenvalue weighted by Crippen LogP contribution is -2.17. The largest absolute Gasteiger partial charge is 0.495 e. The third kappa shape index (κ3) is 5.92. The minimum absolute atomic E-state index is 0.222. The van der Waals surface area contributed by atoms with Crippen molar-refractivity contribution in [2.24, 2.45) is 0 Å². The minimum atomic E-state index is -0.222. The van der Waals surface area contributed by atoms with Gasteiger partial charge in [0.1, 0.15) is 11.6 Å². The molecule has 0 radical (unpaired) electrons. The number of hydrogen-bond donors (Lipinski definition) is 2. The predicted molar refractivity (Wildman–Crippen MR) is 102 cm³/mol. The molecule has 7 heteroatoms. The quantitative estimate of drug-likeness (QED) is 0.705. The Morgan fingerprint density at radius 1 is 1.28 bits per heavy atom. The molecule has 1 aromatic heterocycles. The van der Waals surface area contributed by atoms with E-state index in [-0.39, 0.29) is 5.91 Å². The monoisotopic (exact) mass is 362 g/mol. The van der Waals surface area contributed by atoms with Crippen molar-refractivity contribution in [1.82, 2.24) is 9.88 Å². The molecule has 6 nitrogen and oxygen atoms in total. The van der Waals surface area contributed by atoms with Crippen LogP contribution in [0.2, 0.25) is 5.02 Å². The molecule has 2 rings (SSSR count). The van der Waals surface area contributed by atoms with Crippen LogP contribution >= 0.6 is 11.6 Å². The highest BCUT2D eigenvalue weighted by Gasteiger charge is 2.09. The number of nitrogens with one attached hydrogen (secondary N) is 2. The van der Waals surface area contributed by atoms with Crippen molar-refractivity contribution in [1.29, 1.82) is 0 Å². The van der Waals surface area contributed by atoms with Gasteiger partial charge in [0.05, 0.1) is 12.1 Å². The second-order valence-corrected chi connectivity index (χ2v) is 6.22. The lowest BCUT2D eigenvalue weighted by Gasteiger charge is -2.11. The van der Waals surface area contributed by atoms with Crippen LogP contribution in [0.15, 0.2) is 36.5 Å². The summed E-state index contributed by atoms with van der Waals surface area (Å²) in [7, 11) is 5.62. The first-order chi connectivity index (χ1) is 12.0. The first-order valence-corrected chi connectivity index (χ1v) is 8.37. The van der Waals surface area contributed by atoms with Gasteiger partial charge in [-0.1, -0.05) is 11.6 Å². The molecule has 2 aromatic rings.